The van der Waals surface area contributed by atoms with Gasteiger partial charge in [0, 0.05) is 44.2 Å². The Kier molecular flexibility index (Phi) is 6.15. The van der Waals surface area contributed by atoms with Crippen LogP contribution in [-0.2, 0) is 13.5 Å². The second kappa shape index (κ2) is 8.77. The number of methoxy groups -OCH3 is 1. The van der Waals surface area contributed by atoms with Crippen LogP contribution in [0.4, 0.5) is 11.4 Å². The number of aryl methyl sites for hydroxylation is 1. The number of rotatable bonds is 8. The lowest BCUT2D eigenvalue weighted by Gasteiger charge is -2.27. The molecule has 0 bridgehead atoms. The molecule has 0 aliphatic carbocycles. The van der Waals surface area contributed by atoms with Gasteiger partial charge in [0.25, 0.3) is 5.69 Å². The average Bonchev–Trinajstić information content (AvgIpc) is 3.18. The highest BCUT2D eigenvalue weighted by molar-refractivity contribution is 6.07. The van der Waals surface area contributed by atoms with Crippen molar-refractivity contribution in [2.75, 3.05) is 19.1 Å². The molecule has 2 aromatic carbocycles. The molecule has 3 aromatic rings. The lowest BCUT2D eigenvalue weighted by atomic mass is 10.0. The van der Waals surface area contributed by atoms with E-state index in [9.17, 15) is 14.9 Å². The molecule has 0 saturated carbocycles. The zero-order chi connectivity index (χ0) is 21.8. The van der Waals surface area contributed by atoms with Gasteiger partial charge in [-0.25, -0.2) is 4.98 Å². The van der Waals surface area contributed by atoms with Crippen molar-refractivity contribution in [2.24, 2.45) is 7.05 Å². The van der Waals surface area contributed by atoms with Crippen molar-refractivity contribution in [1.82, 2.24) is 9.55 Å². The number of nitro groups is 1. The first-order valence-corrected chi connectivity index (χ1v) is 9.48. The van der Waals surface area contributed by atoms with E-state index in [1.54, 1.807) is 37.1 Å². The van der Waals surface area contributed by atoms with Crippen LogP contribution in [0.15, 0.2) is 54.9 Å². The minimum Gasteiger partial charge on any atom is -0.496 e. The molecule has 1 aromatic heterocycles. The number of carbonyl (C=O) groups is 1. The Morgan fingerprint density at radius 1 is 1.30 bits per heavy atom. The number of para-hydroxylation sites is 1. The van der Waals surface area contributed by atoms with Crippen LogP contribution in [0.25, 0.3) is 0 Å². The maximum atomic E-state index is 12.7. The number of likely N-dealkylation sites (N-methyl/N-ethyl adjacent to an activating group) is 1. The van der Waals surface area contributed by atoms with Crippen LogP contribution >= 0.6 is 0 Å². The predicted octanol–water partition coefficient (Wildman–Crippen LogP) is 3.64. The number of imidazole rings is 1. The second-order valence-corrected chi connectivity index (χ2v) is 7.13. The Morgan fingerprint density at radius 3 is 2.67 bits per heavy atom. The van der Waals surface area contributed by atoms with Gasteiger partial charge in [0.15, 0.2) is 5.82 Å². The minimum atomic E-state index is -0.461. The van der Waals surface area contributed by atoms with Gasteiger partial charge in [0.2, 0.25) is 5.78 Å². The summed E-state index contributed by atoms with van der Waals surface area (Å²) < 4.78 is 7.00. The third-order valence-corrected chi connectivity index (χ3v) is 5.21. The summed E-state index contributed by atoms with van der Waals surface area (Å²) in [5.41, 5.74) is 1.57. The molecule has 0 unspecified atom stereocenters. The fourth-order valence-corrected chi connectivity index (χ4v) is 3.39. The van der Waals surface area contributed by atoms with Crippen LogP contribution in [0.5, 0.6) is 5.75 Å². The number of hydrogen-bond donors (Lipinski definition) is 0. The number of benzene rings is 2. The summed E-state index contributed by atoms with van der Waals surface area (Å²) in [6.07, 6.45) is 3.82. The molecule has 0 N–H and O–H groups in total. The normalized spacial score (nSPS) is 11.7. The first kappa shape index (κ1) is 21.0. The van der Waals surface area contributed by atoms with E-state index < -0.39 is 4.92 Å². The van der Waals surface area contributed by atoms with E-state index in [2.05, 4.69) is 4.98 Å². The second-order valence-electron chi connectivity index (χ2n) is 7.13. The maximum absolute atomic E-state index is 12.7. The van der Waals surface area contributed by atoms with Gasteiger partial charge in [-0.15, -0.1) is 0 Å². The summed E-state index contributed by atoms with van der Waals surface area (Å²) >= 11 is 0. The van der Waals surface area contributed by atoms with Crippen LogP contribution in [0.1, 0.15) is 28.7 Å². The van der Waals surface area contributed by atoms with E-state index in [0.717, 1.165) is 11.3 Å². The molecule has 0 fully saturated rings. The van der Waals surface area contributed by atoms with Gasteiger partial charge in [0.05, 0.1) is 12.0 Å². The lowest BCUT2D eigenvalue weighted by molar-refractivity contribution is -0.384. The largest absolute Gasteiger partial charge is 0.496 e. The number of hydrogen-bond acceptors (Lipinski definition) is 6. The van der Waals surface area contributed by atoms with Crippen LogP contribution in [0.3, 0.4) is 0 Å². The van der Waals surface area contributed by atoms with Gasteiger partial charge in [-0.3, -0.25) is 14.9 Å². The fraction of sp³-hybridized carbons (Fsp3) is 0.273. The van der Waals surface area contributed by atoms with E-state index in [-0.39, 0.29) is 28.9 Å². The van der Waals surface area contributed by atoms with Crippen LogP contribution in [-0.4, -0.2) is 40.5 Å². The zero-order valence-electron chi connectivity index (χ0n) is 17.4. The van der Waals surface area contributed by atoms with E-state index in [1.807, 2.05) is 43.1 Å². The predicted molar refractivity (Wildman–Crippen MR) is 114 cm³/mol. The molecule has 8 heteroatoms. The molecule has 3 rings (SSSR count). The molecule has 0 aliphatic rings. The van der Waals surface area contributed by atoms with Crippen molar-refractivity contribution in [2.45, 2.75) is 19.4 Å². The molecule has 156 valence electrons. The Labute approximate surface area is 174 Å². The monoisotopic (exact) mass is 408 g/mol. The molecule has 0 spiro atoms. The smallest absolute Gasteiger partial charge is 0.293 e. The van der Waals surface area contributed by atoms with Crippen molar-refractivity contribution in [3.8, 4) is 5.75 Å². The van der Waals surface area contributed by atoms with Crippen molar-refractivity contribution >= 4 is 17.2 Å². The van der Waals surface area contributed by atoms with E-state index in [4.69, 9.17) is 4.74 Å². The third-order valence-electron chi connectivity index (χ3n) is 5.21. The topological polar surface area (TPSA) is 90.5 Å². The van der Waals surface area contributed by atoms with Gasteiger partial charge in [-0.05, 0) is 37.1 Å². The van der Waals surface area contributed by atoms with Gasteiger partial charge < -0.3 is 14.2 Å². The van der Waals surface area contributed by atoms with Crippen molar-refractivity contribution in [3.63, 3.8) is 0 Å². The first-order chi connectivity index (χ1) is 14.3. The number of aromatic nitrogens is 2. The molecule has 30 heavy (non-hydrogen) atoms. The number of nitro benzene ring substituents is 1. The average molecular weight is 408 g/mol. The Bertz CT molecular complexity index is 1080. The van der Waals surface area contributed by atoms with Crippen LogP contribution in [0, 0.1) is 10.1 Å². The number of carbonyl (C=O) groups excluding carboxylic acids is 1. The van der Waals surface area contributed by atoms with Gasteiger partial charge in [-0.2, -0.15) is 0 Å². The molecule has 0 amide bonds. The number of ketones is 1. The van der Waals surface area contributed by atoms with Crippen LogP contribution in [0.2, 0.25) is 0 Å². The summed E-state index contributed by atoms with van der Waals surface area (Å²) in [5, 5.41) is 11.8. The molecule has 0 saturated heterocycles. The van der Waals surface area contributed by atoms with Crippen LogP contribution < -0.4 is 9.64 Å². The molecule has 8 nitrogen and oxygen atoms in total. The number of ether oxygens (including phenoxy) is 1. The molecular formula is C22H24N4O4. The van der Waals surface area contributed by atoms with E-state index in [0.29, 0.717) is 12.1 Å². The fourth-order valence-electron chi connectivity index (χ4n) is 3.39. The maximum Gasteiger partial charge on any atom is 0.293 e. The Hall–Kier alpha value is -3.68. The summed E-state index contributed by atoms with van der Waals surface area (Å²) in [7, 11) is 5.13. The van der Waals surface area contributed by atoms with Crippen molar-refractivity contribution < 1.29 is 14.5 Å². The zero-order valence-corrected chi connectivity index (χ0v) is 17.4. The first-order valence-electron chi connectivity index (χ1n) is 9.48. The van der Waals surface area contributed by atoms with Crippen molar-refractivity contribution in [3.05, 3.63) is 81.9 Å². The van der Waals surface area contributed by atoms with Gasteiger partial charge in [0.1, 0.15) is 11.4 Å². The Balaban J connectivity index is 1.90. The van der Waals surface area contributed by atoms with Crippen molar-refractivity contribution in [1.29, 1.82) is 0 Å². The Morgan fingerprint density at radius 2 is 2.03 bits per heavy atom. The molecule has 1 heterocycles. The number of nitrogens with zero attached hydrogens (tertiary/aromatic N) is 4. The minimum absolute atomic E-state index is 0.0453. The standard InChI is InChI=1S/C22H24N4O4/c1-15(13-16-7-5-6-8-20(16)30-4)25(3)18-10-9-17(14-19(18)26(28)29)21(27)22-23-11-12-24(22)2/h5-12,14-15H,13H2,1-4H3/t15-/m0/s1. The quantitative estimate of drug-likeness (QED) is 0.321. The molecule has 0 aliphatic heterocycles. The van der Waals surface area contributed by atoms with Gasteiger partial charge in [-0.1, -0.05) is 18.2 Å². The summed E-state index contributed by atoms with van der Waals surface area (Å²) in [6, 6.07) is 12.2. The highest BCUT2D eigenvalue weighted by atomic mass is 16.6. The van der Waals surface area contributed by atoms with E-state index >= 15 is 0 Å². The third kappa shape index (κ3) is 4.17. The molecule has 1 atom stereocenters. The SMILES string of the molecule is COc1ccccc1C[C@H](C)N(C)c1ccc(C(=O)c2nccn2C)cc1[N+](=O)[O-]. The van der Waals surface area contributed by atoms with Gasteiger partial charge >= 0.3 is 0 Å². The lowest BCUT2D eigenvalue weighted by Crippen LogP contribution is -2.31. The highest BCUT2D eigenvalue weighted by Crippen LogP contribution is 2.31. The van der Waals surface area contributed by atoms with E-state index in [1.165, 1.54) is 12.3 Å². The molecular weight excluding hydrogens is 384 g/mol. The number of anilines is 1. The summed E-state index contributed by atoms with van der Waals surface area (Å²) in [5.74, 6) is 0.653. The summed E-state index contributed by atoms with van der Waals surface area (Å²) in [6.45, 7) is 1.99. The highest BCUT2D eigenvalue weighted by Gasteiger charge is 2.24. The summed E-state index contributed by atoms with van der Waals surface area (Å²) in [4.78, 5) is 29.9. The molecule has 0 radical (unpaired) electrons.